The van der Waals surface area contributed by atoms with Gasteiger partial charge in [0.15, 0.2) is 0 Å². The summed E-state index contributed by atoms with van der Waals surface area (Å²) in [6.07, 6.45) is 6.88. The molecular weight excluding hydrogens is 446 g/mol. The molecular formula is C28H30ClN3O2. The van der Waals surface area contributed by atoms with Crippen molar-refractivity contribution >= 4 is 39.2 Å². The maximum absolute atomic E-state index is 6.20. The minimum absolute atomic E-state index is 0.555. The molecule has 4 aromatic rings. The van der Waals surface area contributed by atoms with E-state index in [4.69, 9.17) is 20.8 Å². The van der Waals surface area contributed by atoms with E-state index in [9.17, 15) is 0 Å². The fourth-order valence-electron chi connectivity index (χ4n) is 5.91. The Kier molecular flexibility index (Phi) is 5.84. The lowest BCUT2D eigenvalue weighted by atomic mass is 9.81. The van der Waals surface area contributed by atoms with Crippen LogP contribution in [0.4, 0.5) is 5.69 Å². The quantitative estimate of drug-likeness (QED) is 0.315. The van der Waals surface area contributed by atoms with Crippen LogP contribution in [-0.2, 0) is 0 Å². The van der Waals surface area contributed by atoms with E-state index in [1.807, 2.05) is 24.5 Å². The highest BCUT2D eigenvalue weighted by atomic mass is 35.5. The molecule has 0 N–H and O–H groups in total. The fourth-order valence-corrected chi connectivity index (χ4v) is 6.06. The van der Waals surface area contributed by atoms with Gasteiger partial charge in [-0.25, -0.2) is 4.98 Å². The van der Waals surface area contributed by atoms with Crippen molar-refractivity contribution in [3.63, 3.8) is 0 Å². The monoisotopic (exact) mass is 475 g/mol. The Morgan fingerprint density at radius 2 is 1.79 bits per heavy atom. The minimum atomic E-state index is 0.555. The number of anilines is 1. The van der Waals surface area contributed by atoms with Crippen LogP contribution >= 0.6 is 11.6 Å². The molecule has 2 fully saturated rings. The second kappa shape index (κ2) is 9.12. The van der Waals surface area contributed by atoms with E-state index in [0.717, 1.165) is 48.4 Å². The molecule has 0 radical (unpaired) electrons. The number of nitrogens with zero attached hydrogens (tertiary/aromatic N) is 3. The first-order valence-corrected chi connectivity index (χ1v) is 12.7. The van der Waals surface area contributed by atoms with Gasteiger partial charge in [0.25, 0.3) is 0 Å². The first-order valence-electron chi connectivity index (χ1n) is 12.3. The number of benzene rings is 2. The van der Waals surface area contributed by atoms with Crippen molar-refractivity contribution in [2.45, 2.75) is 37.6 Å². The van der Waals surface area contributed by atoms with Gasteiger partial charge >= 0.3 is 0 Å². The summed E-state index contributed by atoms with van der Waals surface area (Å²) in [5.74, 6) is 1.46. The summed E-state index contributed by atoms with van der Waals surface area (Å²) in [5, 5.41) is 2.91. The number of piperazine rings is 1. The maximum atomic E-state index is 6.20. The second-order valence-corrected chi connectivity index (χ2v) is 9.95. The van der Waals surface area contributed by atoms with Crippen LogP contribution in [0.3, 0.4) is 0 Å². The van der Waals surface area contributed by atoms with Crippen molar-refractivity contribution in [2.75, 3.05) is 38.2 Å². The molecule has 6 heteroatoms. The molecule has 176 valence electrons. The smallest absolute Gasteiger partial charge is 0.134 e. The number of para-hydroxylation sites is 1. The number of methoxy groups -OCH3 is 1. The van der Waals surface area contributed by atoms with Gasteiger partial charge in [-0.3, -0.25) is 4.90 Å². The van der Waals surface area contributed by atoms with Crippen molar-refractivity contribution in [3.8, 4) is 5.75 Å². The summed E-state index contributed by atoms with van der Waals surface area (Å²) in [4.78, 5) is 9.79. The van der Waals surface area contributed by atoms with E-state index in [-0.39, 0.29) is 0 Å². The highest BCUT2D eigenvalue weighted by Crippen LogP contribution is 2.40. The van der Waals surface area contributed by atoms with Gasteiger partial charge in [-0.05, 0) is 68.0 Å². The number of pyridine rings is 1. The van der Waals surface area contributed by atoms with Crippen molar-refractivity contribution < 1.29 is 9.15 Å². The number of halogens is 1. The first kappa shape index (κ1) is 21.8. The Morgan fingerprint density at radius 1 is 0.971 bits per heavy atom. The standard InChI is InChI=1S/C28H30ClN3O2/c1-33-22-10-11-26-23(17-22)24(18-34-26)19-5-8-21(9-6-19)31-13-15-32(16-14-31)25-4-2-3-20-7-12-27(29)30-28(20)25/h2-4,7,10-12,17-19,21H,5-6,8-9,13-16H2,1H3. The van der Waals surface area contributed by atoms with Crippen LogP contribution < -0.4 is 9.64 Å². The average Bonchev–Trinajstić information content (AvgIpc) is 3.32. The van der Waals surface area contributed by atoms with E-state index in [2.05, 4.69) is 45.1 Å². The summed E-state index contributed by atoms with van der Waals surface area (Å²) in [6, 6.07) is 17.1. The number of fused-ring (bicyclic) bond motifs is 2. The van der Waals surface area contributed by atoms with Crippen LogP contribution in [0.15, 0.2) is 59.2 Å². The molecule has 0 unspecified atom stereocenters. The van der Waals surface area contributed by atoms with Crippen LogP contribution in [0, 0.1) is 0 Å². The van der Waals surface area contributed by atoms with Gasteiger partial charge < -0.3 is 14.1 Å². The van der Waals surface area contributed by atoms with Crippen LogP contribution in [0.1, 0.15) is 37.2 Å². The minimum Gasteiger partial charge on any atom is -0.497 e. The van der Waals surface area contributed by atoms with Crippen molar-refractivity contribution in [1.82, 2.24) is 9.88 Å². The van der Waals surface area contributed by atoms with Gasteiger partial charge in [0.1, 0.15) is 16.5 Å². The predicted molar refractivity (Wildman–Crippen MR) is 138 cm³/mol. The SMILES string of the molecule is COc1ccc2occ(C3CCC(N4CCN(c5cccc6ccc(Cl)nc56)CC4)CC3)c2c1. The van der Waals surface area contributed by atoms with Crippen LogP contribution in [0.25, 0.3) is 21.9 Å². The highest BCUT2D eigenvalue weighted by Gasteiger charge is 2.30. The lowest BCUT2D eigenvalue weighted by molar-refractivity contribution is 0.141. The normalized spacial score (nSPS) is 21.9. The number of rotatable bonds is 4. The number of hydrogen-bond acceptors (Lipinski definition) is 5. The Hall–Kier alpha value is -2.76. The van der Waals surface area contributed by atoms with Crippen LogP contribution in [-0.4, -0.2) is 49.2 Å². The molecule has 2 aromatic carbocycles. The third kappa shape index (κ3) is 4.01. The lowest BCUT2D eigenvalue weighted by Crippen LogP contribution is -2.51. The molecule has 0 spiro atoms. The number of furan rings is 1. The van der Waals surface area contributed by atoms with Gasteiger partial charge in [-0.15, -0.1) is 0 Å². The van der Waals surface area contributed by atoms with E-state index in [0.29, 0.717) is 17.1 Å². The molecule has 2 aromatic heterocycles. The Balaban J connectivity index is 1.10. The predicted octanol–water partition coefficient (Wildman–Crippen LogP) is 6.49. The molecule has 0 bridgehead atoms. The summed E-state index contributed by atoms with van der Waals surface area (Å²) in [7, 11) is 1.72. The molecule has 6 rings (SSSR count). The van der Waals surface area contributed by atoms with Gasteiger partial charge in [-0.1, -0.05) is 23.7 Å². The third-order valence-corrected chi connectivity index (χ3v) is 7.99. The Labute approximate surface area is 205 Å². The molecule has 1 aliphatic carbocycles. The molecule has 34 heavy (non-hydrogen) atoms. The van der Waals surface area contributed by atoms with Crippen molar-refractivity contribution in [2.24, 2.45) is 0 Å². The summed E-state index contributed by atoms with van der Waals surface area (Å²) in [5.41, 5.74) is 4.51. The average molecular weight is 476 g/mol. The van der Waals surface area contributed by atoms with E-state index < -0.39 is 0 Å². The van der Waals surface area contributed by atoms with Gasteiger partial charge in [0.05, 0.1) is 24.6 Å². The number of aromatic nitrogens is 1. The zero-order valence-electron chi connectivity index (χ0n) is 19.5. The van der Waals surface area contributed by atoms with E-state index >= 15 is 0 Å². The molecule has 0 amide bonds. The maximum Gasteiger partial charge on any atom is 0.134 e. The molecule has 5 nitrogen and oxygen atoms in total. The van der Waals surface area contributed by atoms with Crippen molar-refractivity contribution in [1.29, 1.82) is 0 Å². The largest absolute Gasteiger partial charge is 0.497 e. The molecule has 1 aliphatic heterocycles. The molecule has 2 aliphatic rings. The number of ether oxygens (including phenoxy) is 1. The van der Waals surface area contributed by atoms with Gasteiger partial charge in [-0.2, -0.15) is 0 Å². The van der Waals surface area contributed by atoms with E-state index in [1.165, 1.54) is 42.3 Å². The fraction of sp³-hybridized carbons (Fsp3) is 0.393. The second-order valence-electron chi connectivity index (χ2n) is 9.56. The van der Waals surface area contributed by atoms with E-state index in [1.54, 1.807) is 7.11 Å². The van der Waals surface area contributed by atoms with Crippen molar-refractivity contribution in [3.05, 3.63) is 65.5 Å². The topological polar surface area (TPSA) is 41.7 Å². The summed E-state index contributed by atoms with van der Waals surface area (Å²) in [6.45, 7) is 4.25. The molecule has 3 heterocycles. The highest BCUT2D eigenvalue weighted by molar-refractivity contribution is 6.29. The zero-order chi connectivity index (χ0) is 23.1. The number of hydrogen-bond donors (Lipinski definition) is 0. The Bertz CT molecular complexity index is 1300. The summed E-state index contributed by atoms with van der Waals surface area (Å²) < 4.78 is 11.3. The molecule has 1 saturated heterocycles. The molecule has 1 saturated carbocycles. The zero-order valence-corrected chi connectivity index (χ0v) is 20.3. The Morgan fingerprint density at radius 3 is 2.59 bits per heavy atom. The van der Waals surface area contributed by atoms with Crippen LogP contribution in [0.5, 0.6) is 5.75 Å². The van der Waals surface area contributed by atoms with Gasteiger partial charge in [0, 0.05) is 48.6 Å². The lowest BCUT2D eigenvalue weighted by Gasteiger charge is -2.42. The third-order valence-electron chi connectivity index (χ3n) is 7.78. The first-order chi connectivity index (χ1) is 16.7. The summed E-state index contributed by atoms with van der Waals surface area (Å²) >= 11 is 6.20. The van der Waals surface area contributed by atoms with Gasteiger partial charge in [0.2, 0.25) is 0 Å². The molecule has 0 atom stereocenters. The van der Waals surface area contributed by atoms with Crippen LogP contribution in [0.2, 0.25) is 5.15 Å².